The van der Waals surface area contributed by atoms with Crippen LogP contribution in [0.25, 0.3) is 11.1 Å². The van der Waals surface area contributed by atoms with Crippen LogP contribution in [0.15, 0.2) is 36.4 Å². The lowest BCUT2D eigenvalue weighted by atomic mass is 10.0. The van der Waals surface area contributed by atoms with Crippen molar-refractivity contribution in [2.45, 2.75) is 20.3 Å². The Balaban J connectivity index is 2.15. The van der Waals surface area contributed by atoms with Gasteiger partial charge in [-0.3, -0.25) is 9.59 Å². The zero-order valence-electron chi connectivity index (χ0n) is 11.9. The molecule has 0 aliphatic heterocycles. The average Bonchev–Trinajstić information content (AvgIpc) is 2.79. The first-order valence-electron chi connectivity index (χ1n) is 6.76. The van der Waals surface area contributed by atoms with Gasteiger partial charge in [0.25, 0.3) is 0 Å². The summed E-state index contributed by atoms with van der Waals surface area (Å²) in [4.78, 5) is 22.7. The van der Waals surface area contributed by atoms with E-state index < -0.39 is 5.97 Å². The highest BCUT2D eigenvalue weighted by Crippen LogP contribution is 2.44. The van der Waals surface area contributed by atoms with Crippen molar-refractivity contribution >= 4 is 17.6 Å². The molecule has 0 atom stereocenters. The maximum absolute atomic E-state index is 11.5. The monoisotopic (exact) mass is 281 g/mol. The predicted molar refractivity (Wildman–Crippen MR) is 80.3 cm³/mol. The van der Waals surface area contributed by atoms with Gasteiger partial charge in [0.15, 0.2) is 5.75 Å². The second kappa shape index (κ2) is 5.05. The summed E-state index contributed by atoms with van der Waals surface area (Å²) in [7, 11) is 0. The Morgan fingerprint density at radius 3 is 2.52 bits per heavy atom. The van der Waals surface area contributed by atoms with Gasteiger partial charge in [0.1, 0.15) is 0 Å². The fourth-order valence-corrected chi connectivity index (χ4v) is 2.74. The molecule has 0 saturated carbocycles. The Kier molecular flexibility index (Phi) is 3.22. The zero-order valence-corrected chi connectivity index (χ0v) is 11.9. The van der Waals surface area contributed by atoms with Gasteiger partial charge in [-0.05, 0) is 28.3 Å². The van der Waals surface area contributed by atoms with Crippen LogP contribution in [0.2, 0.25) is 0 Å². The first-order chi connectivity index (χ1) is 10.1. The van der Waals surface area contributed by atoms with Gasteiger partial charge in [0, 0.05) is 20.3 Å². The molecule has 21 heavy (non-hydrogen) atoms. The van der Waals surface area contributed by atoms with Crippen LogP contribution < -0.4 is 10.1 Å². The summed E-state index contributed by atoms with van der Waals surface area (Å²) in [5.74, 6) is -0.200. The number of nitrogens with one attached hydrogen (secondary N) is 1. The van der Waals surface area contributed by atoms with Crippen LogP contribution >= 0.6 is 0 Å². The van der Waals surface area contributed by atoms with Gasteiger partial charge >= 0.3 is 5.97 Å². The number of ether oxygens (including phenoxy) is 1. The number of carbonyl (C=O) groups is 2. The van der Waals surface area contributed by atoms with Crippen molar-refractivity contribution in [2.75, 3.05) is 5.32 Å². The second-order valence-corrected chi connectivity index (χ2v) is 5.07. The number of fused-ring (bicyclic) bond motifs is 3. The summed E-state index contributed by atoms with van der Waals surface area (Å²) in [6.07, 6.45) is 0.718. The molecule has 1 aliphatic carbocycles. The summed E-state index contributed by atoms with van der Waals surface area (Å²) in [6.45, 7) is 2.79. The van der Waals surface area contributed by atoms with E-state index in [1.165, 1.54) is 19.4 Å². The standard InChI is InChI=1S/C17H15NO3/c1-10(19)18-17-15-9-12-5-3-4-6-13(12)14(15)7-8-16(17)21-11(2)20/h3-8H,9H2,1-2H3,(H,18,19). The molecular weight excluding hydrogens is 266 g/mol. The molecule has 0 bridgehead atoms. The van der Waals surface area contributed by atoms with Crippen LogP contribution in [0.5, 0.6) is 5.75 Å². The molecule has 0 heterocycles. The van der Waals surface area contributed by atoms with Gasteiger partial charge in [-0.1, -0.05) is 30.3 Å². The number of rotatable bonds is 2. The number of esters is 1. The first-order valence-corrected chi connectivity index (χ1v) is 6.76. The fraction of sp³-hybridized carbons (Fsp3) is 0.176. The molecule has 1 amide bonds. The van der Waals surface area contributed by atoms with E-state index in [4.69, 9.17) is 4.74 Å². The molecular formula is C17H15NO3. The summed E-state index contributed by atoms with van der Waals surface area (Å²) >= 11 is 0. The molecule has 0 aromatic heterocycles. The molecule has 0 unspecified atom stereocenters. The molecule has 2 aromatic carbocycles. The lowest BCUT2D eigenvalue weighted by molar-refractivity contribution is -0.131. The molecule has 4 heteroatoms. The molecule has 1 aliphatic rings. The number of hydrogen-bond acceptors (Lipinski definition) is 3. The minimum absolute atomic E-state index is 0.187. The SMILES string of the molecule is CC(=O)Nc1c(OC(C)=O)ccc2c1Cc1ccccc1-2. The highest BCUT2D eigenvalue weighted by Gasteiger charge is 2.24. The van der Waals surface area contributed by atoms with Crippen LogP contribution in [0.3, 0.4) is 0 Å². The highest BCUT2D eigenvalue weighted by molar-refractivity contribution is 5.96. The second-order valence-electron chi connectivity index (χ2n) is 5.07. The summed E-state index contributed by atoms with van der Waals surface area (Å²) < 4.78 is 5.22. The van der Waals surface area contributed by atoms with E-state index in [1.54, 1.807) is 6.07 Å². The molecule has 0 fully saturated rings. The van der Waals surface area contributed by atoms with Crippen LogP contribution in [0.4, 0.5) is 5.69 Å². The van der Waals surface area contributed by atoms with Crippen molar-refractivity contribution in [3.8, 4) is 16.9 Å². The molecule has 0 spiro atoms. The number of anilines is 1. The van der Waals surface area contributed by atoms with Crippen molar-refractivity contribution < 1.29 is 14.3 Å². The number of carbonyl (C=O) groups excluding carboxylic acids is 2. The largest absolute Gasteiger partial charge is 0.424 e. The van der Waals surface area contributed by atoms with Crippen molar-refractivity contribution in [2.24, 2.45) is 0 Å². The average molecular weight is 281 g/mol. The quantitative estimate of drug-likeness (QED) is 0.580. The van der Waals surface area contributed by atoms with Crippen molar-refractivity contribution in [3.63, 3.8) is 0 Å². The van der Waals surface area contributed by atoms with E-state index in [1.807, 2.05) is 18.2 Å². The topological polar surface area (TPSA) is 55.4 Å². The zero-order chi connectivity index (χ0) is 15.0. The fourth-order valence-electron chi connectivity index (χ4n) is 2.74. The Bertz CT molecular complexity index is 750. The summed E-state index contributed by atoms with van der Waals surface area (Å²) in [6, 6.07) is 11.8. The third kappa shape index (κ3) is 2.40. The molecule has 106 valence electrons. The number of benzene rings is 2. The van der Waals surface area contributed by atoms with Crippen molar-refractivity contribution in [3.05, 3.63) is 47.5 Å². The van der Waals surface area contributed by atoms with E-state index in [0.29, 0.717) is 11.4 Å². The lowest BCUT2D eigenvalue weighted by Crippen LogP contribution is -2.12. The lowest BCUT2D eigenvalue weighted by Gasteiger charge is -2.14. The minimum Gasteiger partial charge on any atom is -0.424 e. The molecule has 0 saturated heterocycles. The Hall–Kier alpha value is -2.62. The summed E-state index contributed by atoms with van der Waals surface area (Å²) in [5, 5.41) is 2.80. The maximum atomic E-state index is 11.5. The van der Waals surface area contributed by atoms with E-state index in [-0.39, 0.29) is 5.91 Å². The molecule has 1 N–H and O–H groups in total. The van der Waals surface area contributed by atoms with Gasteiger partial charge in [0.05, 0.1) is 5.69 Å². The number of hydrogen-bond donors (Lipinski definition) is 1. The van der Waals surface area contributed by atoms with Crippen molar-refractivity contribution in [1.82, 2.24) is 0 Å². The molecule has 0 radical (unpaired) electrons. The van der Waals surface area contributed by atoms with Crippen LogP contribution in [0, 0.1) is 0 Å². The van der Waals surface area contributed by atoms with Gasteiger partial charge in [-0.15, -0.1) is 0 Å². The smallest absolute Gasteiger partial charge is 0.308 e. The minimum atomic E-state index is -0.405. The normalized spacial score (nSPS) is 11.5. The van der Waals surface area contributed by atoms with Gasteiger partial charge in [-0.2, -0.15) is 0 Å². The van der Waals surface area contributed by atoms with Crippen LogP contribution in [0.1, 0.15) is 25.0 Å². The van der Waals surface area contributed by atoms with Gasteiger partial charge in [-0.25, -0.2) is 0 Å². The van der Waals surface area contributed by atoms with E-state index in [2.05, 4.69) is 17.4 Å². The third-order valence-electron chi connectivity index (χ3n) is 3.50. The molecule has 3 rings (SSSR count). The molecule has 2 aromatic rings. The van der Waals surface area contributed by atoms with E-state index in [0.717, 1.165) is 23.1 Å². The Morgan fingerprint density at radius 1 is 1.05 bits per heavy atom. The maximum Gasteiger partial charge on any atom is 0.308 e. The first kappa shape index (κ1) is 13.4. The van der Waals surface area contributed by atoms with Crippen LogP contribution in [-0.2, 0) is 16.0 Å². The van der Waals surface area contributed by atoms with Crippen molar-refractivity contribution in [1.29, 1.82) is 0 Å². The third-order valence-corrected chi connectivity index (χ3v) is 3.50. The molecule has 4 nitrogen and oxygen atoms in total. The highest BCUT2D eigenvalue weighted by atomic mass is 16.5. The Morgan fingerprint density at radius 2 is 1.81 bits per heavy atom. The van der Waals surface area contributed by atoms with E-state index >= 15 is 0 Å². The van der Waals surface area contributed by atoms with E-state index in [9.17, 15) is 9.59 Å². The van der Waals surface area contributed by atoms with Gasteiger partial charge in [0.2, 0.25) is 5.91 Å². The predicted octanol–water partition coefficient (Wildman–Crippen LogP) is 3.14. The number of amides is 1. The van der Waals surface area contributed by atoms with Gasteiger partial charge < -0.3 is 10.1 Å². The summed E-state index contributed by atoms with van der Waals surface area (Å²) in [5.41, 5.74) is 5.02. The Labute approximate surface area is 122 Å². The van der Waals surface area contributed by atoms with Crippen LogP contribution in [-0.4, -0.2) is 11.9 Å².